The lowest BCUT2D eigenvalue weighted by Crippen LogP contribution is -2.47. The summed E-state index contributed by atoms with van der Waals surface area (Å²) < 4.78 is 19.8. The van der Waals surface area contributed by atoms with Crippen molar-refractivity contribution in [1.29, 1.82) is 0 Å². The van der Waals surface area contributed by atoms with Crippen molar-refractivity contribution >= 4 is 0 Å². The minimum atomic E-state index is -0.899. The first-order valence-electron chi connectivity index (χ1n) is 6.87. The maximum atomic E-state index is 14.4. The number of methoxy groups -OCH3 is 1. The zero-order valence-corrected chi connectivity index (χ0v) is 11.9. The first-order chi connectivity index (χ1) is 7.91. The van der Waals surface area contributed by atoms with Crippen molar-refractivity contribution in [3.8, 4) is 0 Å². The Bertz CT molecular complexity index is 222. The van der Waals surface area contributed by atoms with Crippen molar-refractivity contribution in [2.45, 2.75) is 64.1 Å². The molecule has 0 N–H and O–H groups in total. The Balaban J connectivity index is 2.35. The normalized spacial score (nSPS) is 21.7. The third kappa shape index (κ3) is 4.92. The summed E-state index contributed by atoms with van der Waals surface area (Å²) in [5, 5.41) is 0. The predicted octanol–water partition coefficient (Wildman–Crippen LogP) is 3.41. The van der Waals surface area contributed by atoms with Gasteiger partial charge < -0.3 is 9.64 Å². The van der Waals surface area contributed by atoms with E-state index < -0.39 is 5.67 Å². The number of piperidine rings is 1. The van der Waals surface area contributed by atoms with E-state index in [1.807, 2.05) is 0 Å². The zero-order valence-electron chi connectivity index (χ0n) is 11.9. The van der Waals surface area contributed by atoms with E-state index in [1.165, 1.54) is 0 Å². The summed E-state index contributed by atoms with van der Waals surface area (Å²) in [4.78, 5) is 2.33. The molecule has 3 heteroatoms. The first-order valence-corrected chi connectivity index (χ1v) is 6.87. The molecule has 1 rings (SSSR count). The van der Waals surface area contributed by atoms with Crippen LogP contribution in [0.1, 0.15) is 52.9 Å². The molecule has 2 nitrogen and oxygen atoms in total. The summed E-state index contributed by atoms with van der Waals surface area (Å²) >= 11 is 0. The minimum absolute atomic E-state index is 0.125. The Hall–Kier alpha value is -0.150. The van der Waals surface area contributed by atoms with Gasteiger partial charge >= 0.3 is 0 Å². The number of unbranched alkanes of at least 4 members (excludes halogenated alkanes) is 1. The number of ether oxygens (including phenoxy) is 1. The summed E-state index contributed by atoms with van der Waals surface area (Å²) in [7, 11) is 1.74. The van der Waals surface area contributed by atoms with Crippen LogP contribution in [0.5, 0.6) is 0 Å². The van der Waals surface area contributed by atoms with Crippen LogP contribution in [0.15, 0.2) is 0 Å². The molecule has 0 amide bonds. The molecule has 0 bridgehead atoms. The molecule has 1 saturated heterocycles. The predicted molar refractivity (Wildman–Crippen MR) is 70.1 cm³/mol. The fourth-order valence-corrected chi connectivity index (χ4v) is 2.46. The van der Waals surface area contributed by atoms with Crippen LogP contribution in [0, 0.1) is 0 Å². The van der Waals surface area contributed by atoms with E-state index >= 15 is 0 Å². The van der Waals surface area contributed by atoms with Gasteiger partial charge in [-0.05, 0) is 33.1 Å². The first kappa shape index (κ1) is 14.9. The highest BCUT2D eigenvalue weighted by molar-refractivity contribution is 4.88. The summed E-state index contributed by atoms with van der Waals surface area (Å²) in [6, 6.07) is 0. The Labute approximate surface area is 106 Å². The van der Waals surface area contributed by atoms with Gasteiger partial charge in [0.2, 0.25) is 0 Å². The number of halogens is 1. The highest BCUT2D eigenvalue weighted by Crippen LogP contribution is 2.32. The van der Waals surface area contributed by atoms with Crippen LogP contribution in [-0.2, 0) is 4.74 Å². The number of hydrogen-bond acceptors (Lipinski definition) is 2. The van der Waals surface area contributed by atoms with Crippen molar-refractivity contribution in [3.63, 3.8) is 0 Å². The largest absolute Gasteiger partial charge is 0.377 e. The Kier molecular flexibility index (Phi) is 5.39. The summed E-state index contributed by atoms with van der Waals surface area (Å²) in [6.07, 6.45) is 4.22. The van der Waals surface area contributed by atoms with Gasteiger partial charge in [0.15, 0.2) is 0 Å². The zero-order chi connectivity index (χ0) is 12.9. The van der Waals surface area contributed by atoms with Crippen molar-refractivity contribution in [2.75, 3.05) is 26.7 Å². The quantitative estimate of drug-likeness (QED) is 0.711. The van der Waals surface area contributed by atoms with E-state index in [-0.39, 0.29) is 5.60 Å². The average Bonchev–Trinajstić information content (AvgIpc) is 2.30. The van der Waals surface area contributed by atoms with Gasteiger partial charge in [-0.25, -0.2) is 4.39 Å². The molecule has 1 heterocycles. The molecule has 0 aromatic carbocycles. The summed E-state index contributed by atoms with van der Waals surface area (Å²) in [5.41, 5.74) is -1.02. The lowest BCUT2D eigenvalue weighted by atomic mass is 9.88. The standard InChI is InChI=1S/C14H28FNO/c1-5-6-7-14(15)8-10-16(11-9-14)12-13(2,3)17-4/h5-12H2,1-4H3. The number of likely N-dealkylation sites (tertiary alicyclic amines) is 1. The van der Waals surface area contributed by atoms with Crippen molar-refractivity contribution in [1.82, 2.24) is 4.90 Å². The Morgan fingerprint density at radius 3 is 2.35 bits per heavy atom. The van der Waals surface area contributed by atoms with Crippen LogP contribution in [-0.4, -0.2) is 42.9 Å². The molecule has 17 heavy (non-hydrogen) atoms. The van der Waals surface area contributed by atoms with E-state index in [2.05, 4.69) is 25.7 Å². The third-order valence-electron chi connectivity index (χ3n) is 3.89. The van der Waals surface area contributed by atoms with Crippen LogP contribution in [0.2, 0.25) is 0 Å². The van der Waals surface area contributed by atoms with Gasteiger partial charge in [-0.1, -0.05) is 19.8 Å². The van der Waals surface area contributed by atoms with E-state index in [9.17, 15) is 4.39 Å². The molecular weight excluding hydrogens is 217 g/mol. The number of hydrogen-bond donors (Lipinski definition) is 0. The minimum Gasteiger partial charge on any atom is -0.377 e. The van der Waals surface area contributed by atoms with Crippen molar-refractivity contribution in [3.05, 3.63) is 0 Å². The Morgan fingerprint density at radius 1 is 1.29 bits per heavy atom. The maximum Gasteiger partial charge on any atom is 0.113 e. The highest BCUT2D eigenvalue weighted by atomic mass is 19.1. The summed E-state index contributed by atoms with van der Waals surface area (Å²) in [5.74, 6) is 0. The lowest BCUT2D eigenvalue weighted by molar-refractivity contribution is -0.0295. The second-order valence-corrected chi connectivity index (χ2v) is 5.99. The summed E-state index contributed by atoms with van der Waals surface area (Å²) in [6.45, 7) is 8.93. The third-order valence-corrected chi connectivity index (χ3v) is 3.89. The monoisotopic (exact) mass is 245 g/mol. The van der Waals surface area contributed by atoms with Crippen molar-refractivity contribution < 1.29 is 9.13 Å². The molecule has 0 unspecified atom stereocenters. The number of alkyl halides is 1. The van der Waals surface area contributed by atoms with Crippen LogP contribution >= 0.6 is 0 Å². The molecule has 0 atom stereocenters. The fourth-order valence-electron chi connectivity index (χ4n) is 2.46. The maximum absolute atomic E-state index is 14.4. The molecule has 0 aliphatic carbocycles. The molecule has 1 aliphatic heterocycles. The highest BCUT2D eigenvalue weighted by Gasteiger charge is 2.35. The molecular formula is C14H28FNO. The molecule has 0 spiro atoms. The number of rotatable bonds is 6. The molecule has 1 aliphatic rings. The van der Waals surface area contributed by atoms with E-state index in [4.69, 9.17) is 4.74 Å². The molecule has 0 aromatic heterocycles. The smallest absolute Gasteiger partial charge is 0.113 e. The Morgan fingerprint density at radius 2 is 1.88 bits per heavy atom. The van der Waals surface area contributed by atoms with Crippen LogP contribution in [0.25, 0.3) is 0 Å². The van der Waals surface area contributed by atoms with E-state index in [0.29, 0.717) is 12.8 Å². The van der Waals surface area contributed by atoms with E-state index in [1.54, 1.807) is 7.11 Å². The van der Waals surface area contributed by atoms with Crippen LogP contribution in [0.4, 0.5) is 4.39 Å². The van der Waals surface area contributed by atoms with Crippen LogP contribution in [0.3, 0.4) is 0 Å². The van der Waals surface area contributed by atoms with Gasteiger partial charge in [0, 0.05) is 26.7 Å². The van der Waals surface area contributed by atoms with Crippen LogP contribution < -0.4 is 0 Å². The van der Waals surface area contributed by atoms with Gasteiger partial charge in [-0.3, -0.25) is 0 Å². The molecule has 1 fully saturated rings. The second kappa shape index (κ2) is 6.14. The van der Waals surface area contributed by atoms with Gasteiger partial charge in [0.1, 0.15) is 5.67 Å². The SMILES string of the molecule is CCCCC1(F)CCN(CC(C)(C)OC)CC1. The van der Waals surface area contributed by atoms with Gasteiger partial charge in [-0.2, -0.15) is 0 Å². The van der Waals surface area contributed by atoms with Gasteiger partial charge in [0.25, 0.3) is 0 Å². The molecule has 0 saturated carbocycles. The average molecular weight is 245 g/mol. The second-order valence-electron chi connectivity index (χ2n) is 5.99. The molecule has 102 valence electrons. The van der Waals surface area contributed by atoms with Gasteiger partial charge in [0.05, 0.1) is 5.60 Å². The topological polar surface area (TPSA) is 12.5 Å². The van der Waals surface area contributed by atoms with Crippen molar-refractivity contribution in [2.24, 2.45) is 0 Å². The lowest BCUT2D eigenvalue weighted by Gasteiger charge is -2.39. The fraction of sp³-hybridized carbons (Fsp3) is 1.00. The van der Waals surface area contributed by atoms with E-state index in [0.717, 1.165) is 38.9 Å². The number of nitrogens with zero attached hydrogens (tertiary/aromatic N) is 1. The van der Waals surface area contributed by atoms with Gasteiger partial charge in [-0.15, -0.1) is 0 Å². The molecule has 0 radical (unpaired) electrons. The molecule has 0 aromatic rings.